The standard InChI is InChI=1S/C14H18N2OS/c1-10-5-6-11(2)16(10)9-3-4-12-7-8-13(18-12)14(15)17/h5-8H,3-4,9H2,1-2H3,(H2,15,17). The first kappa shape index (κ1) is 12.9. The van der Waals surface area contributed by atoms with Gasteiger partial charge in [0.05, 0.1) is 4.88 Å². The van der Waals surface area contributed by atoms with Gasteiger partial charge in [0.1, 0.15) is 0 Å². The third-order valence-corrected chi connectivity index (χ3v) is 4.29. The molecule has 0 aliphatic rings. The largest absolute Gasteiger partial charge is 0.365 e. The van der Waals surface area contributed by atoms with E-state index in [1.54, 1.807) is 0 Å². The summed E-state index contributed by atoms with van der Waals surface area (Å²) in [6, 6.07) is 8.10. The summed E-state index contributed by atoms with van der Waals surface area (Å²) in [6.07, 6.45) is 2.07. The molecule has 0 fully saturated rings. The molecule has 0 unspecified atom stereocenters. The number of aromatic nitrogens is 1. The highest BCUT2D eigenvalue weighted by molar-refractivity contribution is 7.14. The number of primary amides is 1. The lowest BCUT2D eigenvalue weighted by atomic mass is 10.2. The van der Waals surface area contributed by atoms with E-state index in [-0.39, 0.29) is 5.91 Å². The van der Waals surface area contributed by atoms with Crippen LogP contribution in [0.5, 0.6) is 0 Å². The van der Waals surface area contributed by atoms with Gasteiger partial charge in [-0.2, -0.15) is 0 Å². The third-order valence-electron chi connectivity index (χ3n) is 3.13. The Kier molecular flexibility index (Phi) is 3.87. The number of rotatable bonds is 5. The molecule has 0 saturated heterocycles. The van der Waals surface area contributed by atoms with Gasteiger partial charge in [0.2, 0.25) is 0 Å². The molecule has 96 valence electrons. The molecule has 0 spiro atoms. The van der Waals surface area contributed by atoms with Gasteiger partial charge < -0.3 is 10.3 Å². The monoisotopic (exact) mass is 262 g/mol. The minimum atomic E-state index is -0.330. The van der Waals surface area contributed by atoms with Crippen LogP contribution in [-0.4, -0.2) is 10.5 Å². The molecule has 2 aromatic heterocycles. The van der Waals surface area contributed by atoms with Crippen LogP contribution in [0.4, 0.5) is 0 Å². The lowest BCUT2D eigenvalue weighted by molar-refractivity contribution is 0.100. The molecule has 0 bridgehead atoms. The fourth-order valence-corrected chi connectivity index (χ4v) is 3.01. The maximum absolute atomic E-state index is 11.0. The summed E-state index contributed by atoms with van der Waals surface area (Å²) in [7, 11) is 0. The Labute approximate surface area is 111 Å². The lowest BCUT2D eigenvalue weighted by Gasteiger charge is -2.08. The van der Waals surface area contributed by atoms with E-state index < -0.39 is 0 Å². The first-order valence-corrected chi connectivity index (χ1v) is 6.91. The van der Waals surface area contributed by atoms with Crippen molar-refractivity contribution in [2.24, 2.45) is 5.73 Å². The summed E-state index contributed by atoms with van der Waals surface area (Å²) < 4.78 is 2.32. The number of carbonyl (C=O) groups is 1. The van der Waals surface area contributed by atoms with E-state index >= 15 is 0 Å². The van der Waals surface area contributed by atoms with Gasteiger partial charge in [-0.25, -0.2) is 0 Å². The number of nitrogens with zero attached hydrogens (tertiary/aromatic N) is 1. The highest BCUT2D eigenvalue weighted by Gasteiger charge is 2.05. The van der Waals surface area contributed by atoms with Gasteiger partial charge in [0.25, 0.3) is 5.91 Å². The van der Waals surface area contributed by atoms with Gasteiger partial charge in [0.15, 0.2) is 0 Å². The molecule has 0 aliphatic carbocycles. The Morgan fingerprint density at radius 1 is 1.22 bits per heavy atom. The first-order valence-electron chi connectivity index (χ1n) is 6.09. The second kappa shape index (κ2) is 5.40. The Morgan fingerprint density at radius 3 is 2.44 bits per heavy atom. The van der Waals surface area contributed by atoms with Crippen molar-refractivity contribution in [1.29, 1.82) is 0 Å². The van der Waals surface area contributed by atoms with Crippen molar-refractivity contribution < 1.29 is 4.79 Å². The van der Waals surface area contributed by atoms with Crippen LogP contribution in [0.15, 0.2) is 24.3 Å². The molecule has 0 atom stereocenters. The minimum Gasteiger partial charge on any atom is -0.365 e. The van der Waals surface area contributed by atoms with Gasteiger partial charge in [-0.1, -0.05) is 0 Å². The van der Waals surface area contributed by atoms with Crippen LogP contribution in [0.25, 0.3) is 0 Å². The van der Waals surface area contributed by atoms with Gasteiger partial charge in [-0.15, -0.1) is 11.3 Å². The Hall–Kier alpha value is -1.55. The van der Waals surface area contributed by atoms with Crippen LogP contribution in [0.3, 0.4) is 0 Å². The topological polar surface area (TPSA) is 48.0 Å². The summed E-state index contributed by atoms with van der Waals surface area (Å²) in [5.41, 5.74) is 7.84. The van der Waals surface area contributed by atoms with Crippen molar-refractivity contribution in [1.82, 2.24) is 4.57 Å². The number of amides is 1. The van der Waals surface area contributed by atoms with E-state index in [9.17, 15) is 4.79 Å². The maximum atomic E-state index is 11.0. The second-order valence-electron chi connectivity index (χ2n) is 4.50. The van der Waals surface area contributed by atoms with Crippen molar-refractivity contribution in [2.45, 2.75) is 33.2 Å². The Bertz CT molecular complexity index is 534. The molecule has 0 saturated carbocycles. The molecule has 0 radical (unpaired) electrons. The highest BCUT2D eigenvalue weighted by Crippen LogP contribution is 2.18. The van der Waals surface area contributed by atoms with Crippen LogP contribution < -0.4 is 5.73 Å². The zero-order chi connectivity index (χ0) is 13.1. The van der Waals surface area contributed by atoms with Crippen LogP contribution in [-0.2, 0) is 13.0 Å². The fraction of sp³-hybridized carbons (Fsp3) is 0.357. The number of aryl methyl sites for hydroxylation is 3. The van der Waals surface area contributed by atoms with E-state index in [1.807, 2.05) is 12.1 Å². The normalized spacial score (nSPS) is 10.8. The fourth-order valence-electron chi connectivity index (χ4n) is 2.11. The summed E-state index contributed by atoms with van der Waals surface area (Å²) >= 11 is 1.50. The van der Waals surface area contributed by atoms with E-state index in [0.717, 1.165) is 19.4 Å². The number of hydrogen-bond acceptors (Lipinski definition) is 2. The lowest BCUT2D eigenvalue weighted by Crippen LogP contribution is -2.08. The summed E-state index contributed by atoms with van der Waals surface area (Å²) in [4.78, 5) is 12.9. The van der Waals surface area contributed by atoms with Gasteiger partial charge in [-0.3, -0.25) is 4.79 Å². The number of hydrogen-bond donors (Lipinski definition) is 1. The molecule has 18 heavy (non-hydrogen) atoms. The van der Waals surface area contributed by atoms with Gasteiger partial charge >= 0.3 is 0 Å². The Balaban J connectivity index is 1.90. The smallest absolute Gasteiger partial charge is 0.258 e. The molecule has 0 aromatic carbocycles. The average Bonchev–Trinajstić information content (AvgIpc) is 2.90. The molecular weight excluding hydrogens is 244 g/mol. The predicted octanol–water partition coefficient (Wildman–Crippen LogP) is 2.90. The van der Waals surface area contributed by atoms with Crippen LogP contribution in [0, 0.1) is 13.8 Å². The van der Waals surface area contributed by atoms with E-state index in [2.05, 4.69) is 30.5 Å². The second-order valence-corrected chi connectivity index (χ2v) is 5.67. The molecule has 2 aromatic rings. The number of carbonyl (C=O) groups excluding carboxylic acids is 1. The van der Waals surface area contributed by atoms with Gasteiger partial charge in [0, 0.05) is 22.8 Å². The molecule has 2 N–H and O–H groups in total. The number of nitrogens with two attached hydrogens (primary N) is 1. The van der Waals surface area contributed by atoms with E-state index in [0.29, 0.717) is 4.88 Å². The zero-order valence-electron chi connectivity index (χ0n) is 10.8. The highest BCUT2D eigenvalue weighted by atomic mass is 32.1. The first-order chi connectivity index (χ1) is 8.58. The summed E-state index contributed by atoms with van der Waals surface area (Å²) in [5, 5.41) is 0. The SMILES string of the molecule is Cc1ccc(C)n1CCCc1ccc(C(N)=O)s1. The zero-order valence-corrected chi connectivity index (χ0v) is 11.6. The van der Waals surface area contributed by atoms with Crippen molar-refractivity contribution in [3.63, 3.8) is 0 Å². The molecule has 4 heteroatoms. The minimum absolute atomic E-state index is 0.330. The third kappa shape index (κ3) is 2.82. The molecule has 3 nitrogen and oxygen atoms in total. The summed E-state index contributed by atoms with van der Waals surface area (Å²) in [5.74, 6) is -0.330. The van der Waals surface area contributed by atoms with Crippen molar-refractivity contribution in [2.75, 3.05) is 0 Å². The van der Waals surface area contributed by atoms with Gasteiger partial charge in [-0.05, 0) is 51.0 Å². The van der Waals surface area contributed by atoms with E-state index in [4.69, 9.17) is 5.73 Å². The van der Waals surface area contributed by atoms with Crippen LogP contribution in [0.2, 0.25) is 0 Å². The van der Waals surface area contributed by atoms with Crippen LogP contribution >= 0.6 is 11.3 Å². The van der Waals surface area contributed by atoms with Crippen molar-refractivity contribution >= 4 is 17.2 Å². The van der Waals surface area contributed by atoms with Crippen molar-refractivity contribution in [3.8, 4) is 0 Å². The molecule has 0 aliphatic heterocycles. The quantitative estimate of drug-likeness (QED) is 0.885. The maximum Gasteiger partial charge on any atom is 0.258 e. The average molecular weight is 262 g/mol. The Morgan fingerprint density at radius 2 is 1.89 bits per heavy atom. The molecular formula is C14H18N2OS. The number of thiophene rings is 1. The molecule has 1 amide bonds. The van der Waals surface area contributed by atoms with E-state index in [1.165, 1.54) is 27.6 Å². The predicted molar refractivity (Wildman–Crippen MR) is 75.1 cm³/mol. The molecule has 2 rings (SSSR count). The van der Waals surface area contributed by atoms with Crippen LogP contribution in [0.1, 0.15) is 32.4 Å². The summed E-state index contributed by atoms with van der Waals surface area (Å²) in [6.45, 7) is 5.28. The van der Waals surface area contributed by atoms with Crippen molar-refractivity contribution in [3.05, 3.63) is 45.4 Å². The molecule has 2 heterocycles.